The molecule has 0 amide bonds. The molecule has 0 aromatic carbocycles. The fourth-order valence-electron chi connectivity index (χ4n) is 0.706. The Bertz CT molecular complexity index is 263. The molecule has 0 bridgehead atoms. The van der Waals surface area contributed by atoms with E-state index in [0.717, 1.165) is 0 Å². The lowest BCUT2D eigenvalue weighted by Crippen LogP contribution is -2.10. The number of hydrogen-bond donors (Lipinski definition) is 0. The number of esters is 1. The Morgan fingerprint density at radius 2 is 2.08 bits per heavy atom. The molecule has 0 spiro atoms. The van der Waals surface area contributed by atoms with Gasteiger partial charge in [-0.2, -0.15) is 0 Å². The summed E-state index contributed by atoms with van der Waals surface area (Å²) in [5.74, 6) is -0.433. The van der Waals surface area contributed by atoms with Crippen LogP contribution in [0.3, 0.4) is 0 Å². The van der Waals surface area contributed by atoms with E-state index in [1.165, 1.54) is 18.7 Å². The molecule has 0 radical (unpaired) electrons. The van der Waals surface area contributed by atoms with Gasteiger partial charge in [0.05, 0.1) is 12.2 Å². The highest BCUT2D eigenvalue weighted by Gasteiger charge is 2.05. The minimum atomic E-state index is -0.433. The van der Waals surface area contributed by atoms with Gasteiger partial charge in [0.2, 0.25) is 0 Å². The van der Waals surface area contributed by atoms with E-state index in [9.17, 15) is 4.79 Å². The molecule has 1 aromatic rings. The van der Waals surface area contributed by atoms with Crippen LogP contribution < -0.4 is 0 Å². The summed E-state index contributed by atoms with van der Waals surface area (Å²) in [6.45, 7) is 0.629. The fourth-order valence-corrected chi connectivity index (χ4v) is 0.706. The van der Waals surface area contributed by atoms with E-state index in [1.54, 1.807) is 7.11 Å². The van der Waals surface area contributed by atoms with E-state index in [0.29, 0.717) is 12.2 Å². The van der Waals surface area contributed by atoms with E-state index in [2.05, 4.69) is 9.97 Å². The lowest BCUT2D eigenvalue weighted by atomic mass is 10.3. The van der Waals surface area contributed by atoms with Crippen molar-refractivity contribution in [3.8, 4) is 0 Å². The van der Waals surface area contributed by atoms with Crippen LogP contribution in [0.25, 0.3) is 0 Å². The molecule has 13 heavy (non-hydrogen) atoms. The summed E-state index contributed by atoms with van der Waals surface area (Å²) in [4.78, 5) is 18.5. The van der Waals surface area contributed by atoms with Crippen molar-refractivity contribution in [2.45, 2.75) is 0 Å². The van der Waals surface area contributed by atoms with Gasteiger partial charge in [-0.3, -0.25) is 0 Å². The second-order valence-electron chi connectivity index (χ2n) is 2.26. The topological polar surface area (TPSA) is 61.3 Å². The first kappa shape index (κ1) is 9.60. The smallest absolute Gasteiger partial charge is 0.341 e. The molecule has 5 nitrogen and oxygen atoms in total. The lowest BCUT2D eigenvalue weighted by Gasteiger charge is -2.02. The summed E-state index contributed by atoms with van der Waals surface area (Å²) in [5, 5.41) is 0. The minimum absolute atomic E-state index is 0.240. The molecule has 1 aromatic heterocycles. The molecule has 0 fully saturated rings. The number of methoxy groups -OCH3 is 1. The number of carbonyl (C=O) groups excluding carboxylic acids is 1. The number of hydrogen-bond acceptors (Lipinski definition) is 5. The van der Waals surface area contributed by atoms with Crippen molar-refractivity contribution in [2.75, 3.05) is 20.3 Å². The van der Waals surface area contributed by atoms with E-state index in [-0.39, 0.29) is 6.61 Å². The van der Waals surface area contributed by atoms with Gasteiger partial charge in [-0.25, -0.2) is 14.8 Å². The summed E-state index contributed by atoms with van der Waals surface area (Å²) < 4.78 is 9.54. The maximum absolute atomic E-state index is 11.2. The Kier molecular flexibility index (Phi) is 3.84. The van der Waals surface area contributed by atoms with Gasteiger partial charge >= 0.3 is 5.97 Å². The lowest BCUT2D eigenvalue weighted by molar-refractivity contribution is 0.0387. The maximum Gasteiger partial charge on any atom is 0.341 e. The van der Waals surface area contributed by atoms with Crippen LogP contribution in [0.5, 0.6) is 0 Å². The number of aromatic nitrogens is 2. The van der Waals surface area contributed by atoms with Gasteiger partial charge in [0, 0.05) is 19.5 Å². The Balaban J connectivity index is 2.40. The second kappa shape index (κ2) is 5.21. The SMILES string of the molecule is COCCOC(=O)c1cncnc1. The van der Waals surface area contributed by atoms with Crippen LogP contribution in [0.4, 0.5) is 0 Å². The van der Waals surface area contributed by atoms with E-state index in [4.69, 9.17) is 9.47 Å². The van der Waals surface area contributed by atoms with Crippen molar-refractivity contribution in [2.24, 2.45) is 0 Å². The van der Waals surface area contributed by atoms with Gasteiger partial charge in [0.15, 0.2) is 0 Å². The first-order chi connectivity index (χ1) is 6.34. The third kappa shape index (κ3) is 3.16. The first-order valence-corrected chi connectivity index (χ1v) is 3.75. The zero-order valence-electron chi connectivity index (χ0n) is 7.27. The highest BCUT2D eigenvalue weighted by molar-refractivity contribution is 5.88. The Hall–Kier alpha value is -1.49. The highest BCUT2D eigenvalue weighted by atomic mass is 16.6. The largest absolute Gasteiger partial charge is 0.460 e. The number of rotatable bonds is 4. The predicted octanol–water partition coefficient (Wildman–Crippen LogP) is 0.280. The molecule has 0 unspecified atom stereocenters. The van der Waals surface area contributed by atoms with Crippen molar-refractivity contribution < 1.29 is 14.3 Å². The van der Waals surface area contributed by atoms with Crippen LogP contribution in [0.1, 0.15) is 10.4 Å². The number of carbonyl (C=O) groups is 1. The number of ether oxygens (including phenoxy) is 2. The third-order valence-corrected chi connectivity index (χ3v) is 1.32. The van der Waals surface area contributed by atoms with Crippen LogP contribution in [0.2, 0.25) is 0 Å². The molecular formula is C8H10N2O3. The zero-order chi connectivity index (χ0) is 9.52. The van der Waals surface area contributed by atoms with E-state index in [1.807, 2.05) is 0 Å². The molecule has 0 aliphatic heterocycles. The van der Waals surface area contributed by atoms with Crippen molar-refractivity contribution in [1.82, 2.24) is 9.97 Å². The average Bonchev–Trinajstić information content (AvgIpc) is 2.19. The van der Waals surface area contributed by atoms with Crippen LogP contribution in [0, 0.1) is 0 Å². The van der Waals surface area contributed by atoms with Crippen LogP contribution >= 0.6 is 0 Å². The van der Waals surface area contributed by atoms with Gasteiger partial charge in [-0.05, 0) is 0 Å². The molecule has 0 aliphatic rings. The zero-order valence-corrected chi connectivity index (χ0v) is 7.27. The van der Waals surface area contributed by atoms with E-state index < -0.39 is 5.97 Å². The Labute approximate surface area is 75.7 Å². The minimum Gasteiger partial charge on any atom is -0.460 e. The van der Waals surface area contributed by atoms with Gasteiger partial charge < -0.3 is 9.47 Å². The Morgan fingerprint density at radius 1 is 1.38 bits per heavy atom. The standard InChI is InChI=1S/C8H10N2O3/c1-12-2-3-13-8(11)7-4-9-6-10-5-7/h4-6H,2-3H2,1H3. The first-order valence-electron chi connectivity index (χ1n) is 3.75. The Morgan fingerprint density at radius 3 is 2.69 bits per heavy atom. The van der Waals surface area contributed by atoms with E-state index >= 15 is 0 Å². The molecular weight excluding hydrogens is 172 g/mol. The molecule has 0 N–H and O–H groups in total. The molecule has 0 saturated carbocycles. The summed E-state index contributed by atoms with van der Waals surface area (Å²) in [6, 6.07) is 0. The maximum atomic E-state index is 11.2. The van der Waals surface area contributed by atoms with Gasteiger partial charge in [0.1, 0.15) is 12.9 Å². The monoisotopic (exact) mass is 182 g/mol. The molecule has 5 heteroatoms. The summed E-state index contributed by atoms with van der Waals surface area (Å²) >= 11 is 0. The van der Waals surface area contributed by atoms with Crippen LogP contribution in [-0.4, -0.2) is 36.3 Å². The second-order valence-corrected chi connectivity index (χ2v) is 2.26. The van der Waals surface area contributed by atoms with Gasteiger partial charge in [-0.15, -0.1) is 0 Å². The molecule has 0 aliphatic carbocycles. The van der Waals surface area contributed by atoms with Crippen LogP contribution in [0.15, 0.2) is 18.7 Å². The summed E-state index contributed by atoms with van der Waals surface area (Å²) in [6.07, 6.45) is 4.16. The molecule has 1 heterocycles. The van der Waals surface area contributed by atoms with Gasteiger partial charge in [0.25, 0.3) is 0 Å². The molecule has 70 valence electrons. The van der Waals surface area contributed by atoms with Crippen molar-refractivity contribution in [1.29, 1.82) is 0 Å². The highest BCUT2D eigenvalue weighted by Crippen LogP contribution is 1.95. The molecule has 1 rings (SSSR count). The quantitative estimate of drug-likeness (QED) is 0.494. The third-order valence-electron chi connectivity index (χ3n) is 1.32. The fraction of sp³-hybridized carbons (Fsp3) is 0.375. The summed E-state index contributed by atoms with van der Waals surface area (Å²) in [5.41, 5.74) is 0.346. The average molecular weight is 182 g/mol. The molecule has 0 atom stereocenters. The summed E-state index contributed by atoms with van der Waals surface area (Å²) in [7, 11) is 1.54. The van der Waals surface area contributed by atoms with Crippen molar-refractivity contribution in [3.63, 3.8) is 0 Å². The molecule has 0 saturated heterocycles. The number of nitrogens with zero attached hydrogens (tertiary/aromatic N) is 2. The van der Waals surface area contributed by atoms with Crippen LogP contribution in [-0.2, 0) is 9.47 Å². The predicted molar refractivity (Wildman–Crippen MR) is 44.2 cm³/mol. The van der Waals surface area contributed by atoms with Gasteiger partial charge in [-0.1, -0.05) is 0 Å². The normalized spacial score (nSPS) is 9.62. The van der Waals surface area contributed by atoms with Crippen molar-refractivity contribution >= 4 is 5.97 Å². The van der Waals surface area contributed by atoms with Crippen molar-refractivity contribution in [3.05, 3.63) is 24.3 Å².